The number of aromatic nitrogens is 1. The monoisotopic (exact) mass is 495 g/mol. The van der Waals surface area contributed by atoms with E-state index in [1.54, 1.807) is 30.3 Å². The number of amides is 3. The van der Waals surface area contributed by atoms with Crippen LogP contribution in [0.4, 0.5) is 11.4 Å². The fourth-order valence-corrected chi connectivity index (χ4v) is 7.13. The summed E-state index contributed by atoms with van der Waals surface area (Å²) >= 11 is 8.67. The van der Waals surface area contributed by atoms with Gasteiger partial charge in [-0.05, 0) is 60.7 Å². The molecule has 3 amide bonds. The zero-order valence-corrected chi connectivity index (χ0v) is 19.6. The Morgan fingerprint density at radius 3 is 2.48 bits per heavy atom. The largest absolute Gasteiger partial charge is 0.325 e. The lowest BCUT2D eigenvalue weighted by Gasteiger charge is -2.17. The van der Waals surface area contributed by atoms with Crippen LogP contribution in [0.1, 0.15) is 6.42 Å². The quantitative estimate of drug-likeness (QED) is 0.306. The number of halogens is 1. The van der Waals surface area contributed by atoms with E-state index >= 15 is 0 Å². The summed E-state index contributed by atoms with van der Waals surface area (Å²) < 4.78 is 1.64. The number of fused-ring (bicyclic) bond motifs is 6. The molecule has 33 heavy (non-hydrogen) atoms. The lowest BCUT2D eigenvalue weighted by Crippen LogP contribution is -2.32. The van der Waals surface area contributed by atoms with Gasteiger partial charge in [-0.15, -0.1) is 11.3 Å². The van der Waals surface area contributed by atoms with Crippen LogP contribution >= 0.6 is 34.7 Å². The van der Waals surface area contributed by atoms with Crippen LogP contribution in [0.2, 0.25) is 5.02 Å². The molecule has 0 radical (unpaired) electrons. The maximum atomic E-state index is 13.1. The Bertz CT molecular complexity index is 1310. The van der Waals surface area contributed by atoms with Gasteiger partial charge in [-0.25, -0.2) is 9.88 Å². The molecule has 0 unspecified atom stereocenters. The van der Waals surface area contributed by atoms with Gasteiger partial charge in [0.2, 0.25) is 17.7 Å². The molecule has 0 spiro atoms. The van der Waals surface area contributed by atoms with E-state index in [1.165, 1.54) is 28.0 Å². The van der Waals surface area contributed by atoms with Gasteiger partial charge < -0.3 is 5.32 Å². The summed E-state index contributed by atoms with van der Waals surface area (Å²) in [5.41, 5.74) is 2.07. The smallest absolute Gasteiger partial charge is 0.238 e. The standard InChI is InChI=1S/C24H18ClN3O3S2/c25-14-3-5-15(6-4-14)26-19(29)11-32-24-27-17-8-7-16(10-18(17)33-24)28-22(30)20-12-1-2-13(9-12)21(20)23(28)31/h1-8,10,12-13,20-21H,9,11H2,(H,26,29)/t12-,13-,20-,21-/m0/s1. The Balaban J connectivity index is 1.16. The average molecular weight is 496 g/mol. The van der Waals surface area contributed by atoms with E-state index in [4.69, 9.17) is 11.6 Å². The first-order valence-electron chi connectivity index (χ1n) is 10.6. The summed E-state index contributed by atoms with van der Waals surface area (Å²) in [6.45, 7) is 0. The number of allylic oxidation sites excluding steroid dienone is 2. The number of thioether (sulfide) groups is 1. The van der Waals surface area contributed by atoms with Crippen molar-refractivity contribution >= 4 is 74.0 Å². The van der Waals surface area contributed by atoms with Crippen molar-refractivity contribution in [1.29, 1.82) is 0 Å². The van der Waals surface area contributed by atoms with Crippen LogP contribution in [-0.4, -0.2) is 28.5 Å². The van der Waals surface area contributed by atoms with Gasteiger partial charge in [-0.2, -0.15) is 0 Å². The van der Waals surface area contributed by atoms with Crippen molar-refractivity contribution in [2.45, 2.75) is 10.8 Å². The number of carbonyl (C=O) groups excluding carboxylic acids is 3. The minimum Gasteiger partial charge on any atom is -0.325 e. The van der Waals surface area contributed by atoms with E-state index in [0.717, 1.165) is 21.0 Å². The molecule has 1 saturated carbocycles. The Morgan fingerprint density at radius 1 is 1.09 bits per heavy atom. The summed E-state index contributed by atoms with van der Waals surface area (Å²) in [7, 11) is 0. The number of rotatable bonds is 5. The first-order chi connectivity index (χ1) is 16.0. The number of carbonyl (C=O) groups is 3. The Labute approximate surface area is 203 Å². The predicted molar refractivity (Wildman–Crippen MR) is 131 cm³/mol. The summed E-state index contributed by atoms with van der Waals surface area (Å²) in [5.74, 6) is -0.128. The van der Waals surface area contributed by atoms with E-state index in [-0.39, 0.29) is 47.1 Å². The third-order valence-corrected chi connectivity index (χ3v) is 8.95. The summed E-state index contributed by atoms with van der Waals surface area (Å²) in [4.78, 5) is 44.4. The molecule has 1 aromatic heterocycles. The van der Waals surface area contributed by atoms with Crippen LogP contribution in [0.5, 0.6) is 0 Å². The van der Waals surface area contributed by atoms with E-state index in [2.05, 4.69) is 22.5 Å². The molecular weight excluding hydrogens is 478 g/mol. The molecule has 3 aromatic rings. The van der Waals surface area contributed by atoms with E-state index in [0.29, 0.717) is 16.4 Å². The molecule has 3 aliphatic rings. The second-order valence-corrected chi connectivity index (χ2v) is 11.2. The highest BCUT2D eigenvalue weighted by Gasteiger charge is 2.59. The van der Waals surface area contributed by atoms with Gasteiger partial charge in [-0.3, -0.25) is 14.4 Å². The highest BCUT2D eigenvalue weighted by molar-refractivity contribution is 8.01. The number of hydrogen-bond acceptors (Lipinski definition) is 6. The lowest BCUT2D eigenvalue weighted by atomic mass is 9.85. The van der Waals surface area contributed by atoms with Crippen LogP contribution < -0.4 is 10.2 Å². The van der Waals surface area contributed by atoms with E-state index < -0.39 is 0 Å². The molecule has 6 rings (SSSR count). The maximum absolute atomic E-state index is 13.1. The van der Waals surface area contributed by atoms with Crippen molar-refractivity contribution in [2.24, 2.45) is 23.7 Å². The third-order valence-electron chi connectivity index (χ3n) is 6.54. The van der Waals surface area contributed by atoms with Crippen molar-refractivity contribution in [1.82, 2.24) is 4.98 Å². The molecule has 1 aliphatic heterocycles. The molecule has 6 nitrogen and oxygen atoms in total. The second-order valence-electron chi connectivity index (χ2n) is 8.49. The van der Waals surface area contributed by atoms with E-state index in [9.17, 15) is 14.4 Å². The zero-order valence-electron chi connectivity index (χ0n) is 17.2. The molecule has 166 valence electrons. The van der Waals surface area contributed by atoms with Crippen LogP contribution in [0, 0.1) is 23.7 Å². The van der Waals surface area contributed by atoms with Crippen molar-refractivity contribution in [3.8, 4) is 0 Å². The zero-order chi connectivity index (χ0) is 22.7. The van der Waals surface area contributed by atoms with Crippen LogP contribution in [-0.2, 0) is 14.4 Å². The van der Waals surface area contributed by atoms with Gasteiger partial charge >= 0.3 is 0 Å². The summed E-state index contributed by atoms with van der Waals surface area (Å²) in [6, 6.07) is 12.4. The predicted octanol–water partition coefficient (Wildman–Crippen LogP) is 4.99. The van der Waals surface area contributed by atoms with Crippen LogP contribution in [0.25, 0.3) is 10.2 Å². The minimum absolute atomic E-state index is 0.0841. The third kappa shape index (κ3) is 3.57. The number of benzene rings is 2. The van der Waals surface area contributed by atoms with Gasteiger partial charge in [0.15, 0.2) is 4.34 Å². The fourth-order valence-electron chi connectivity index (χ4n) is 5.11. The molecule has 4 atom stereocenters. The molecule has 9 heteroatoms. The van der Waals surface area contributed by atoms with Crippen molar-refractivity contribution < 1.29 is 14.4 Å². The van der Waals surface area contributed by atoms with Crippen LogP contribution in [0.3, 0.4) is 0 Å². The van der Waals surface area contributed by atoms with Crippen molar-refractivity contribution in [3.63, 3.8) is 0 Å². The maximum Gasteiger partial charge on any atom is 0.238 e. The lowest BCUT2D eigenvalue weighted by molar-refractivity contribution is -0.123. The fraction of sp³-hybridized carbons (Fsp3) is 0.250. The van der Waals surface area contributed by atoms with Crippen molar-refractivity contribution in [2.75, 3.05) is 16.0 Å². The first-order valence-corrected chi connectivity index (χ1v) is 12.8. The average Bonchev–Trinajstić information content (AvgIpc) is 3.56. The summed E-state index contributed by atoms with van der Waals surface area (Å²) in [5, 5.41) is 3.44. The van der Waals surface area contributed by atoms with Gasteiger partial charge in [0, 0.05) is 10.7 Å². The molecule has 1 N–H and O–H groups in total. The highest BCUT2D eigenvalue weighted by Crippen LogP contribution is 2.53. The molecule has 2 fully saturated rings. The van der Waals surface area contributed by atoms with E-state index in [1.807, 2.05) is 12.1 Å². The molecular formula is C24H18ClN3O3S2. The molecule has 2 aliphatic carbocycles. The number of nitrogens with zero attached hydrogens (tertiary/aromatic N) is 2. The van der Waals surface area contributed by atoms with Gasteiger partial charge in [0.25, 0.3) is 0 Å². The normalized spacial score (nSPS) is 25.3. The SMILES string of the molecule is O=C(CSc1nc2ccc(N3C(=O)[C@@H]4[C@@H](C3=O)[C@H]3C=C[C@H]4C3)cc2s1)Nc1ccc(Cl)cc1. The molecule has 2 bridgehead atoms. The first kappa shape index (κ1) is 20.9. The Hall–Kier alpha value is -2.68. The van der Waals surface area contributed by atoms with Crippen molar-refractivity contribution in [3.05, 3.63) is 59.6 Å². The van der Waals surface area contributed by atoms with Gasteiger partial charge in [-0.1, -0.05) is 35.5 Å². The number of hydrogen-bond donors (Lipinski definition) is 1. The summed E-state index contributed by atoms with van der Waals surface area (Å²) in [6.07, 6.45) is 5.11. The minimum atomic E-state index is -0.213. The number of imide groups is 1. The number of anilines is 2. The second kappa shape index (κ2) is 7.97. The van der Waals surface area contributed by atoms with Gasteiger partial charge in [0.05, 0.1) is 33.5 Å². The molecule has 2 heterocycles. The van der Waals surface area contributed by atoms with Gasteiger partial charge in [0.1, 0.15) is 0 Å². The number of thiazole rings is 1. The van der Waals surface area contributed by atoms with Crippen LogP contribution in [0.15, 0.2) is 59.0 Å². The Kier molecular flexibility index (Phi) is 5.05. The topological polar surface area (TPSA) is 79.4 Å². The Morgan fingerprint density at radius 2 is 1.79 bits per heavy atom. The molecule has 2 aromatic carbocycles. The number of nitrogens with one attached hydrogen (secondary N) is 1. The highest BCUT2D eigenvalue weighted by atomic mass is 35.5. The molecule has 1 saturated heterocycles.